The highest BCUT2D eigenvalue weighted by molar-refractivity contribution is 7.92. The van der Waals surface area contributed by atoms with Crippen LogP contribution >= 0.6 is 0 Å². The zero-order valence-electron chi connectivity index (χ0n) is 16.0. The van der Waals surface area contributed by atoms with Gasteiger partial charge in [0.2, 0.25) is 10.0 Å². The molecule has 0 unspecified atom stereocenters. The number of benzene rings is 3. The summed E-state index contributed by atoms with van der Waals surface area (Å²) in [5.74, 6) is -0.513. The van der Waals surface area contributed by atoms with Crippen molar-refractivity contribution in [3.05, 3.63) is 77.4 Å². The Morgan fingerprint density at radius 3 is 2.48 bits per heavy atom. The van der Waals surface area contributed by atoms with Crippen molar-refractivity contribution < 1.29 is 13.2 Å². The van der Waals surface area contributed by atoms with Crippen LogP contribution in [0.3, 0.4) is 0 Å². The molecule has 1 N–H and O–H groups in total. The van der Waals surface area contributed by atoms with Crippen LogP contribution in [0, 0.1) is 0 Å². The minimum Gasteiger partial charge on any atom is -0.271 e. The van der Waals surface area contributed by atoms with E-state index in [0.29, 0.717) is 5.69 Å². The summed E-state index contributed by atoms with van der Waals surface area (Å²) in [4.78, 5) is 12.3. The molecule has 0 radical (unpaired) electrons. The molecule has 0 aliphatic heterocycles. The molecule has 3 aromatic rings. The Kier molecular flexibility index (Phi) is 5.07. The summed E-state index contributed by atoms with van der Waals surface area (Å²) in [6.45, 7) is -0.343. The molecule has 0 aromatic heterocycles. The van der Waals surface area contributed by atoms with Crippen LogP contribution in [0.2, 0.25) is 0 Å². The van der Waals surface area contributed by atoms with E-state index in [1.165, 1.54) is 16.5 Å². The SMILES string of the molecule is CS(=O)(=O)N(CC(=O)N/N=C\c1ccc2c3c(cccc13)CC2)c1ccccc1. The summed E-state index contributed by atoms with van der Waals surface area (Å²) in [7, 11) is -3.60. The van der Waals surface area contributed by atoms with Crippen molar-refractivity contribution in [2.45, 2.75) is 12.8 Å². The van der Waals surface area contributed by atoms with Crippen molar-refractivity contribution in [3.8, 4) is 0 Å². The van der Waals surface area contributed by atoms with Crippen LogP contribution in [-0.2, 0) is 27.7 Å². The third-order valence-corrected chi connectivity index (χ3v) is 6.18. The smallest absolute Gasteiger partial charge is 0.260 e. The zero-order chi connectivity index (χ0) is 20.4. The Morgan fingerprint density at radius 1 is 1.03 bits per heavy atom. The van der Waals surface area contributed by atoms with Crippen LogP contribution in [-0.4, -0.2) is 33.3 Å². The van der Waals surface area contributed by atoms with Crippen molar-refractivity contribution in [2.75, 3.05) is 17.1 Å². The summed E-state index contributed by atoms with van der Waals surface area (Å²) < 4.78 is 25.2. The van der Waals surface area contributed by atoms with Crippen LogP contribution in [0.4, 0.5) is 5.69 Å². The fourth-order valence-corrected chi connectivity index (χ4v) is 4.57. The van der Waals surface area contributed by atoms with Gasteiger partial charge in [-0.1, -0.05) is 48.5 Å². The second kappa shape index (κ2) is 7.67. The summed E-state index contributed by atoms with van der Waals surface area (Å²) in [6, 6.07) is 18.8. The van der Waals surface area contributed by atoms with Gasteiger partial charge in [-0.3, -0.25) is 9.10 Å². The van der Waals surface area contributed by atoms with Gasteiger partial charge in [-0.05, 0) is 46.9 Å². The number of sulfonamides is 1. The number of anilines is 1. The van der Waals surface area contributed by atoms with E-state index in [9.17, 15) is 13.2 Å². The van der Waals surface area contributed by atoms with Gasteiger partial charge >= 0.3 is 0 Å². The van der Waals surface area contributed by atoms with Gasteiger partial charge in [0.05, 0.1) is 18.2 Å². The number of rotatable bonds is 6. The first-order valence-electron chi connectivity index (χ1n) is 9.31. The number of hydrogen-bond donors (Lipinski definition) is 1. The number of aryl methyl sites for hydroxylation is 2. The third kappa shape index (κ3) is 4.00. The molecule has 6 nitrogen and oxygen atoms in total. The molecule has 0 saturated heterocycles. The molecule has 0 atom stereocenters. The molecule has 0 bridgehead atoms. The van der Waals surface area contributed by atoms with Crippen LogP contribution < -0.4 is 9.73 Å². The Labute approximate surface area is 169 Å². The molecule has 29 heavy (non-hydrogen) atoms. The number of hydrazone groups is 1. The zero-order valence-corrected chi connectivity index (χ0v) is 16.8. The molecule has 0 fully saturated rings. The number of carbonyl (C=O) groups is 1. The molecule has 1 aliphatic rings. The van der Waals surface area contributed by atoms with Gasteiger partial charge in [0.1, 0.15) is 6.54 Å². The lowest BCUT2D eigenvalue weighted by atomic mass is 10.0. The van der Waals surface area contributed by atoms with E-state index in [-0.39, 0.29) is 6.54 Å². The van der Waals surface area contributed by atoms with E-state index in [0.717, 1.165) is 34.4 Å². The van der Waals surface area contributed by atoms with E-state index >= 15 is 0 Å². The fraction of sp³-hybridized carbons (Fsp3) is 0.182. The molecule has 148 valence electrons. The maximum atomic E-state index is 12.3. The highest BCUT2D eigenvalue weighted by Gasteiger charge is 2.20. The molecule has 0 heterocycles. The van der Waals surface area contributed by atoms with E-state index in [4.69, 9.17) is 0 Å². The predicted molar refractivity (Wildman–Crippen MR) is 116 cm³/mol. The molecule has 0 saturated carbocycles. The number of nitrogens with one attached hydrogen (secondary N) is 1. The van der Waals surface area contributed by atoms with Gasteiger partial charge in [0, 0.05) is 5.56 Å². The monoisotopic (exact) mass is 407 g/mol. The lowest BCUT2D eigenvalue weighted by Gasteiger charge is -2.21. The number of hydrogen-bond acceptors (Lipinski definition) is 4. The Hall–Kier alpha value is -3.19. The molecular weight excluding hydrogens is 386 g/mol. The Balaban J connectivity index is 1.50. The molecule has 4 rings (SSSR count). The minimum atomic E-state index is -3.60. The number of nitrogens with zero attached hydrogens (tertiary/aromatic N) is 2. The predicted octanol–water partition coefficient (Wildman–Crippen LogP) is 2.85. The first-order chi connectivity index (χ1) is 13.9. The number of para-hydroxylation sites is 1. The lowest BCUT2D eigenvalue weighted by molar-refractivity contribution is -0.119. The minimum absolute atomic E-state index is 0.343. The van der Waals surface area contributed by atoms with Crippen molar-refractivity contribution in [1.29, 1.82) is 0 Å². The van der Waals surface area contributed by atoms with Gasteiger partial charge < -0.3 is 0 Å². The molecular formula is C22H21N3O3S. The van der Waals surface area contributed by atoms with Crippen molar-refractivity contribution in [3.63, 3.8) is 0 Å². The van der Waals surface area contributed by atoms with E-state index in [2.05, 4.69) is 28.7 Å². The maximum Gasteiger partial charge on any atom is 0.260 e. The molecule has 1 aliphatic carbocycles. The van der Waals surface area contributed by atoms with Crippen molar-refractivity contribution >= 4 is 38.6 Å². The van der Waals surface area contributed by atoms with Gasteiger partial charge in [-0.25, -0.2) is 13.8 Å². The summed E-state index contributed by atoms with van der Waals surface area (Å²) in [6.07, 6.45) is 4.77. The summed E-state index contributed by atoms with van der Waals surface area (Å²) in [5, 5.41) is 6.44. The second-order valence-corrected chi connectivity index (χ2v) is 8.96. The highest BCUT2D eigenvalue weighted by Crippen LogP contribution is 2.32. The normalized spacial score (nSPS) is 13.1. The van der Waals surface area contributed by atoms with Crippen LogP contribution in [0.25, 0.3) is 10.8 Å². The van der Waals surface area contributed by atoms with Gasteiger partial charge in [0.25, 0.3) is 5.91 Å². The third-order valence-electron chi connectivity index (χ3n) is 5.04. The maximum absolute atomic E-state index is 12.3. The standard InChI is InChI=1S/C22H21N3O3S/c1-29(27,28)25(19-7-3-2-4-8-19)15-21(26)24-23-14-18-13-12-17-11-10-16-6-5-9-20(18)22(16)17/h2-9,12-14H,10-11,15H2,1H3,(H,24,26)/b23-14-. The lowest BCUT2D eigenvalue weighted by Crippen LogP contribution is -2.38. The first-order valence-corrected chi connectivity index (χ1v) is 11.2. The Morgan fingerprint density at radius 2 is 1.76 bits per heavy atom. The van der Waals surface area contributed by atoms with Gasteiger partial charge in [0.15, 0.2) is 0 Å². The molecule has 1 amide bonds. The molecule has 3 aromatic carbocycles. The van der Waals surface area contributed by atoms with Crippen LogP contribution in [0.5, 0.6) is 0 Å². The average Bonchev–Trinajstić information content (AvgIpc) is 3.12. The summed E-state index contributed by atoms with van der Waals surface area (Å²) >= 11 is 0. The Bertz CT molecular complexity index is 1190. The average molecular weight is 407 g/mol. The van der Waals surface area contributed by atoms with E-state index in [1.807, 2.05) is 12.1 Å². The fourth-order valence-electron chi connectivity index (χ4n) is 3.72. The number of amides is 1. The van der Waals surface area contributed by atoms with Crippen LogP contribution in [0.15, 0.2) is 65.8 Å². The first kappa shape index (κ1) is 19.1. The van der Waals surface area contributed by atoms with Crippen molar-refractivity contribution in [2.24, 2.45) is 5.10 Å². The number of carbonyl (C=O) groups excluding carboxylic acids is 1. The molecule has 0 spiro atoms. The van der Waals surface area contributed by atoms with E-state index < -0.39 is 15.9 Å². The quantitative estimate of drug-likeness (QED) is 0.504. The van der Waals surface area contributed by atoms with Gasteiger partial charge in [-0.15, -0.1) is 0 Å². The second-order valence-electron chi connectivity index (χ2n) is 7.05. The summed E-state index contributed by atoms with van der Waals surface area (Å²) in [5.41, 5.74) is 6.46. The molecule has 7 heteroatoms. The van der Waals surface area contributed by atoms with Crippen LogP contribution in [0.1, 0.15) is 16.7 Å². The van der Waals surface area contributed by atoms with E-state index in [1.54, 1.807) is 36.5 Å². The highest BCUT2D eigenvalue weighted by atomic mass is 32.2. The van der Waals surface area contributed by atoms with Gasteiger partial charge in [-0.2, -0.15) is 5.10 Å². The van der Waals surface area contributed by atoms with Crippen molar-refractivity contribution in [1.82, 2.24) is 5.43 Å². The largest absolute Gasteiger partial charge is 0.271 e. The topological polar surface area (TPSA) is 78.8 Å².